The number of benzene rings is 1. The summed E-state index contributed by atoms with van der Waals surface area (Å²) in [5, 5.41) is 0. The van der Waals surface area contributed by atoms with E-state index in [9.17, 15) is 4.39 Å². The summed E-state index contributed by atoms with van der Waals surface area (Å²) < 4.78 is 13.7. The fourth-order valence-electron chi connectivity index (χ4n) is 2.30. The monoisotopic (exact) mass is 219 g/mol. The van der Waals surface area contributed by atoms with Gasteiger partial charge in [0.2, 0.25) is 0 Å². The third-order valence-corrected chi connectivity index (χ3v) is 3.23. The fourth-order valence-corrected chi connectivity index (χ4v) is 2.30. The largest absolute Gasteiger partial charge is 0.370 e. The molecule has 2 aliphatic rings. The quantitative estimate of drug-likeness (QED) is 0.822. The van der Waals surface area contributed by atoms with Gasteiger partial charge in [0.05, 0.1) is 12.6 Å². The maximum absolute atomic E-state index is 13.7. The number of nitrogens with two attached hydrogens (primary N) is 1. The average molecular weight is 219 g/mol. The topological polar surface area (TPSA) is 41.6 Å². The number of hydrogen-bond acceptors (Lipinski definition) is 3. The number of aliphatic imine (C=N–C) groups is 1. The summed E-state index contributed by atoms with van der Waals surface area (Å²) in [4.78, 5) is 6.30. The molecule has 1 atom stereocenters. The Hall–Kier alpha value is -1.58. The van der Waals surface area contributed by atoms with Gasteiger partial charge in [0.15, 0.2) is 5.96 Å². The van der Waals surface area contributed by atoms with Crippen LogP contribution in [-0.2, 0) is 0 Å². The van der Waals surface area contributed by atoms with E-state index >= 15 is 0 Å². The van der Waals surface area contributed by atoms with E-state index in [0.29, 0.717) is 24.1 Å². The number of rotatable bonds is 2. The lowest BCUT2D eigenvalue weighted by Crippen LogP contribution is -2.38. The Kier molecular flexibility index (Phi) is 2.09. The Labute approximate surface area is 93.8 Å². The van der Waals surface area contributed by atoms with Gasteiger partial charge in [-0.2, -0.15) is 0 Å². The standard InChI is InChI=1S/C12H14FN3/c13-10-4-2-1-3-9(10)11-7-15-12(14)16(11)8-5-6-8/h1-4,8,11H,5-7H2,(H2,14,15). The highest BCUT2D eigenvalue weighted by Crippen LogP contribution is 2.37. The molecule has 1 heterocycles. The van der Waals surface area contributed by atoms with Crippen molar-refractivity contribution in [3.63, 3.8) is 0 Å². The van der Waals surface area contributed by atoms with Crippen molar-refractivity contribution in [1.82, 2.24) is 4.90 Å². The van der Waals surface area contributed by atoms with Gasteiger partial charge in [-0.05, 0) is 18.9 Å². The molecule has 1 fully saturated rings. The maximum Gasteiger partial charge on any atom is 0.192 e. The first kappa shape index (κ1) is 9.63. The molecule has 1 aromatic rings. The van der Waals surface area contributed by atoms with Crippen LogP contribution in [0.5, 0.6) is 0 Å². The predicted molar refractivity (Wildman–Crippen MR) is 60.5 cm³/mol. The highest BCUT2D eigenvalue weighted by molar-refractivity contribution is 5.81. The number of guanidine groups is 1. The van der Waals surface area contributed by atoms with E-state index in [4.69, 9.17) is 5.73 Å². The summed E-state index contributed by atoms with van der Waals surface area (Å²) in [6, 6.07) is 7.35. The summed E-state index contributed by atoms with van der Waals surface area (Å²) in [7, 11) is 0. The van der Waals surface area contributed by atoms with Crippen molar-refractivity contribution in [3.8, 4) is 0 Å². The van der Waals surface area contributed by atoms with E-state index in [1.807, 2.05) is 12.1 Å². The van der Waals surface area contributed by atoms with Gasteiger partial charge in [-0.25, -0.2) is 4.39 Å². The van der Waals surface area contributed by atoms with Crippen molar-refractivity contribution < 1.29 is 4.39 Å². The molecule has 1 aromatic carbocycles. The van der Waals surface area contributed by atoms with E-state index in [0.717, 1.165) is 12.8 Å². The Balaban J connectivity index is 1.93. The van der Waals surface area contributed by atoms with Crippen LogP contribution in [0.4, 0.5) is 4.39 Å². The van der Waals surface area contributed by atoms with Crippen LogP contribution < -0.4 is 5.73 Å². The van der Waals surface area contributed by atoms with Crippen LogP contribution in [0.1, 0.15) is 24.4 Å². The van der Waals surface area contributed by atoms with Gasteiger partial charge in [0.1, 0.15) is 5.82 Å². The molecular formula is C12H14FN3. The first-order valence-corrected chi connectivity index (χ1v) is 5.60. The van der Waals surface area contributed by atoms with Crippen LogP contribution in [0.2, 0.25) is 0 Å². The molecule has 0 aromatic heterocycles. The molecule has 84 valence electrons. The SMILES string of the molecule is NC1=NCC(c2ccccc2F)N1C1CC1. The normalized spacial score (nSPS) is 24.7. The Morgan fingerprint density at radius 3 is 2.75 bits per heavy atom. The zero-order valence-corrected chi connectivity index (χ0v) is 8.94. The lowest BCUT2D eigenvalue weighted by atomic mass is 10.1. The van der Waals surface area contributed by atoms with Crippen LogP contribution in [0.3, 0.4) is 0 Å². The molecule has 2 N–H and O–H groups in total. The summed E-state index contributed by atoms with van der Waals surface area (Å²) in [5.41, 5.74) is 6.56. The van der Waals surface area contributed by atoms with Gasteiger partial charge >= 0.3 is 0 Å². The Morgan fingerprint density at radius 2 is 2.06 bits per heavy atom. The van der Waals surface area contributed by atoms with Gasteiger partial charge < -0.3 is 10.6 Å². The summed E-state index contributed by atoms with van der Waals surface area (Å²) in [5.74, 6) is 0.402. The van der Waals surface area contributed by atoms with Crippen LogP contribution in [0.15, 0.2) is 29.3 Å². The fraction of sp³-hybridized carbons (Fsp3) is 0.417. The first-order valence-electron chi connectivity index (χ1n) is 5.60. The Morgan fingerprint density at radius 1 is 1.31 bits per heavy atom. The van der Waals surface area contributed by atoms with Crippen molar-refractivity contribution in [1.29, 1.82) is 0 Å². The molecule has 0 bridgehead atoms. The highest BCUT2D eigenvalue weighted by Gasteiger charge is 2.39. The third kappa shape index (κ3) is 1.45. The number of hydrogen-bond donors (Lipinski definition) is 1. The lowest BCUT2D eigenvalue weighted by Gasteiger charge is -2.26. The zero-order chi connectivity index (χ0) is 11.1. The zero-order valence-electron chi connectivity index (χ0n) is 8.94. The summed E-state index contributed by atoms with van der Waals surface area (Å²) >= 11 is 0. The number of halogens is 1. The third-order valence-electron chi connectivity index (χ3n) is 3.23. The van der Waals surface area contributed by atoms with E-state index in [2.05, 4.69) is 9.89 Å². The first-order chi connectivity index (χ1) is 7.77. The second-order valence-electron chi connectivity index (χ2n) is 4.37. The molecule has 0 radical (unpaired) electrons. The molecule has 16 heavy (non-hydrogen) atoms. The van der Waals surface area contributed by atoms with Crippen molar-refractivity contribution in [3.05, 3.63) is 35.6 Å². The minimum Gasteiger partial charge on any atom is -0.370 e. The summed E-state index contributed by atoms with van der Waals surface area (Å²) in [6.45, 7) is 0.573. The maximum atomic E-state index is 13.7. The molecule has 0 spiro atoms. The minimum absolute atomic E-state index is 0.00583. The smallest absolute Gasteiger partial charge is 0.192 e. The second kappa shape index (κ2) is 3.47. The molecule has 1 unspecified atom stereocenters. The highest BCUT2D eigenvalue weighted by atomic mass is 19.1. The molecule has 1 saturated carbocycles. The molecule has 0 saturated heterocycles. The van der Waals surface area contributed by atoms with E-state index in [-0.39, 0.29) is 11.9 Å². The molecular weight excluding hydrogens is 205 g/mol. The lowest BCUT2D eigenvalue weighted by molar-refractivity contribution is 0.329. The average Bonchev–Trinajstić information content (AvgIpc) is 3.04. The predicted octanol–water partition coefficient (Wildman–Crippen LogP) is 1.66. The van der Waals surface area contributed by atoms with Crippen molar-refractivity contribution in [2.45, 2.75) is 24.9 Å². The molecule has 3 nitrogen and oxygen atoms in total. The molecule has 1 aliphatic heterocycles. The molecule has 0 amide bonds. The van der Waals surface area contributed by atoms with Gasteiger partial charge in [-0.15, -0.1) is 0 Å². The van der Waals surface area contributed by atoms with E-state index < -0.39 is 0 Å². The van der Waals surface area contributed by atoms with Gasteiger partial charge in [0, 0.05) is 11.6 Å². The second-order valence-corrected chi connectivity index (χ2v) is 4.37. The Bertz CT molecular complexity index is 440. The van der Waals surface area contributed by atoms with Crippen LogP contribution in [0.25, 0.3) is 0 Å². The molecule has 3 rings (SSSR count). The van der Waals surface area contributed by atoms with Gasteiger partial charge in [-0.3, -0.25) is 4.99 Å². The van der Waals surface area contributed by atoms with Crippen LogP contribution >= 0.6 is 0 Å². The van der Waals surface area contributed by atoms with Crippen molar-refractivity contribution >= 4 is 5.96 Å². The minimum atomic E-state index is -0.164. The van der Waals surface area contributed by atoms with Gasteiger partial charge in [-0.1, -0.05) is 18.2 Å². The molecule has 4 heteroatoms. The van der Waals surface area contributed by atoms with E-state index in [1.165, 1.54) is 6.07 Å². The summed E-state index contributed by atoms with van der Waals surface area (Å²) in [6.07, 6.45) is 2.28. The van der Waals surface area contributed by atoms with Crippen molar-refractivity contribution in [2.75, 3.05) is 6.54 Å². The number of nitrogens with zero attached hydrogens (tertiary/aromatic N) is 2. The van der Waals surface area contributed by atoms with Crippen LogP contribution in [0, 0.1) is 5.82 Å². The van der Waals surface area contributed by atoms with Crippen molar-refractivity contribution in [2.24, 2.45) is 10.7 Å². The molecule has 1 aliphatic carbocycles. The van der Waals surface area contributed by atoms with Crippen LogP contribution in [-0.4, -0.2) is 23.4 Å². The van der Waals surface area contributed by atoms with Gasteiger partial charge in [0.25, 0.3) is 0 Å². The van der Waals surface area contributed by atoms with E-state index in [1.54, 1.807) is 6.07 Å².